The Bertz CT molecular complexity index is 1010. The van der Waals surface area contributed by atoms with E-state index in [9.17, 15) is 14.0 Å². The lowest BCUT2D eigenvalue weighted by Gasteiger charge is -2.16. The highest BCUT2D eigenvalue weighted by atomic mass is 35.5. The van der Waals surface area contributed by atoms with Crippen molar-refractivity contribution in [3.05, 3.63) is 89.2 Å². The molecule has 148 valence electrons. The molecule has 29 heavy (non-hydrogen) atoms. The van der Waals surface area contributed by atoms with E-state index in [0.29, 0.717) is 27.6 Å². The first-order valence-corrected chi connectivity index (χ1v) is 9.28. The summed E-state index contributed by atoms with van der Waals surface area (Å²) in [5, 5.41) is 9.07. The van der Waals surface area contributed by atoms with E-state index in [0.717, 1.165) is 0 Å². The van der Waals surface area contributed by atoms with E-state index in [1.54, 1.807) is 61.5 Å². The van der Waals surface area contributed by atoms with Crippen molar-refractivity contribution in [1.82, 2.24) is 0 Å². The van der Waals surface area contributed by atoms with Gasteiger partial charge < -0.3 is 16.0 Å². The molecule has 2 amide bonds. The molecule has 5 nitrogen and oxygen atoms in total. The van der Waals surface area contributed by atoms with Crippen molar-refractivity contribution in [1.29, 1.82) is 0 Å². The van der Waals surface area contributed by atoms with Crippen LogP contribution in [0, 0.1) is 5.82 Å². The van der Waals surface area contributed by atoms with Crippen LogP contribution >= 0.6 is 11.6 Å². The average molecular weight is 412 g/mol. The Labute approximate surface area is 172 Å². The molecule has 3 aromatic carbocycles. The van der Waals surface area contributed by atoms with Crippen LogP contribution in [0.5, 0.6) is 0 Å². The lowest BCUT2D eigenvalue weighted by Crippen LogP contribution is -2.31. The number of hydrogen-bond donors (Lipinski definition) is 3. The van der Waals surface area contributed by atoms with Crippen molar-refractivity contribution in [2.45, 2.75) is 13.0 Å². The van der Waals surface area contributed by atoms with Gasteiger partial charge in [-0.1, -0.05) is 17.7 Å². The Balaban J connectivity index is 1.56. The van der Waals surface area contributed by atoms with E-state index in [4.69, 9.17) is 11.6 Å². The monoisotopic (exact) mass is 411 g/mol. The number of carbonyl (C=O) groups excluding carboxylic acids is 2. The number of halogens is 2. The van der Waals surface area contributed by atoms with Crippen LogP contribution in [0.3, 0.4) is 0 Å². The summed E-state index contributed by atoms with van der Waals surface area (Å²) in [5.41, 5.74) is 2.21. The molecule has 3 aromatic rings. The molecule has 1 unspecified atom stereocenters. The minimum absolute atomic E-state index is 0.245. The number of benzene rings is 3. The Kier molecular flexibility index (Phi) is 6.46. The fourth-order valence-electron chi connectivity index (χ4n) is 2.59. The first-order chi connectivity index (χ1) is 13.9. The van der Waals surface area contributed by atoms with Crippen LogP contribution in [-0.4, -0.2) is 17.9 Å². The first-order valence-electron chi connectivity index (χ1n) is 8.91. The van der Waals surface area contributed by atoms with Gasteiger partial charge in [-0.3, -0.25) is 9.59 Å². The molecular weight excluding hydrogens is 393 g/mol. The van der Waals surface area contributed by atoms with Gasteiger partial charge in [0, 0.05) is 27.6 Å². The van der Waals surface area contributed by atoms with Gasteiger partial charge in [-0.05, 0) is 73.7 Å². The highest BCUT2D eigenvalue weighted by molar-refractivity contribution is 6.30. The summed E-state index contributed by atoms with van der Waals surface area (Å²) < 4.78 is 13.2. The van der Waals surface area contributed by atoms with Crippen molar-refractivity contribution in [2.24, 2.45) is 0 Å². The Morgan fingerprint density at radius 2 is 1.52 bits per heavy atom. The van der Waals surface area contributed by atoms with Crippen LogP contribution in [0.25, 0.3) is 0 Å². The molecule has 0 saturated carbocycles. The zero-order chi connectivity index (χ0) is 20.8. The summed E-state index contributed by atoms with van der Waals surface area (Å²) in [7, 11) is 0. The van der Waals surface area contributed by atoms with Gasteiger partial charge in [-0.2, -0.15) is 0 Å². The molecule has 0 bridgehead atoms. The second-order valence-electron chi connectivity index (χ2n) is 6.40. The molecule has 3 rings (SSSR count). The van der Waals surface area contributed by atoms with Crippen LogP contribution in [0.2, 0.25) is 5.02 Å². The molecule has 0 aliphatic carbocycles. The van der Waals surface area contributed by atoms with E-state index in [-0.39, 0.29) is 11.8 Å². The highest BCUT2D eigenvalue weighted by Crippen LogP contribution is 2.17. The van der Waals surface area contributed by atoms with Crippen LogP contribution in [0.4, 0.5) is 21.5 Å². The maximum Gasteiger partial charge on any atom is 0.255 e. The van der Waals surface area contributed by atoms with Crippen LogP contribution in [-0.2, 0) is 4.79 Å². The van der Waals surface area contributed by atoms with Crippen molar-refractivity contribution in [2.75, 3.05) is 16.0 Å². The Morgan fingerprint density at radius 1 is 0.862 bits per heavy atom. The van der Waals surface area contributed by atoms with Crippen LogP contribution in [0.15, 0.2) is 72.8 Å². The van der Waals surface area contributed by atoms with Gasteiger partial charge in [0.15, 0.2) is 0 Å². The standard InChI is InChI=1S/C22H19ClFN3O2/c1-14(21(28)27-20-4-2-3-17(24)13-20)25-18-9-11-19(12-10-18)26-22(29)15-5-7-16(23)8-6-15/h2-14,25H,1H3,(H,26,29)(H,27,28). The molecule has 0 fully saturated rings. The third-order valence-electron chi connectivity index (χ3n) is 4.12. The zero-order valence-corrected chi connectivity index (χ0v) is 16.3. The normalized spacial score (nSPS) is 11.4. The van der Waals surface area contributed by atoms with Gasteiger partial charge in [0.2, 0.25) is 5.91 Å². The molecule has 0 aliphatic rings. The number of anilines is 3. The van der Waals surface area contributed by atoms with Gasteiger partial charge >= 0.3 is 0 Å². The quantitative estimate of drug-likeness (QED) is 0.524. The fourth-order valence-corrected chi connectivity index (χ4v) is 2.71. The van der Waals surface area contributed by atoms with Gasteiger partial charge in [0.05, 0.1) is 0 Å². The average Bonchev–Trinajstić information content (AvgIpc) is 2.70. The number of nitrogens with one attached hydrogen (secondary N) is 3. The minimum Gasteiger partial charge on any atom is -0.374 e. The smallest absolute Gasteiger partial charge is 0.255 e. The summed E-state index contributed by atoms with van der Waals surface area (Å²) in [4.78, 5) is 24.5. The largest absolute Gasteiger partial charge is 0.374 e. The Morgan fingerprint density at radius 3 is 2.17 bits per heavy atom. The highest BCUT2D eigenvalue weighted by Gasteiger charge is 2.13. The molecule has 0 heterocycles. The van der Waals surface area contributed by atoms with Gasteiger partial charge in [0.1, 0.15) is 11.9 Å². The molecule has 0 aliphatic heterocycles. The van der Waals surface area contributed by atoms with E-state index in [2.05, 4.69) is 16.0 Å². The van der Waals surface area contributed by atoms with Gasteiger partial charge in [0.25, 0.3) is 5.91 Å². The Hall–Kier alpha value is -3.38. The molecule has 1 atom stereocenters. The molecule has 0 saturated heterocycles. The van der Waals surface area contributed by atoms with Crippen LogP contribution < -0.4 is 16.0 Å². The second kappa shape index (κ2) is 9.21. The summed E-state index contributed by atoms with van der Waals surface area (Å²) in [6, 6.07) is 18.7. The maximum absolute atomic E-state index is 13.2. The van der Waals surface area contributed by atoms with E-state index in [1.807, 2.05) is 0 Å². The summed E-state index contributed by atoms with van der Waals surface area (Å²) in [5.74, 6) is -0.958. The number of hydrogen-bond acceptors (Lipinski definition) is 3. The zero-order valence-electron chi connectivity index (χ0n) is 15.6. The minimum atomic E-state index is -0.548. The number of carbonyl (C=O) groups is 2. The predicted molar refractivity (Wildman–Crippen MR) is 114 cm³/mol. The molecule has 0 spiro atoms. The van der Waals surface area contributed by atoms with Crippen molar-refractivity contribution < 1.29 is 14.0 Å². The van der Waals surface area contributed by atoms with E-state index in [1.165, 1.54) is 18.2 Å². The fraction of sp³-hybridized carbons (Fsp3) is 0.0909. The van der Waals surface area contributed by atoms with Crippen molar-refractivity contribution in [3.8, 4) is 0 Å². The predicted octanol–water partition coefficient (Wildman–Crippen LogP) is 5.17. The van der Waals surface area contributed by atoms with Crippen molar-refractivity contribution in [3.63, 3.8) is 0 Å². The van der Waals surface area contributed by atoms with Gasteiger partial charge in [-0.15, -0.1) is 0 Å². The van der Waals surface area contributed by atoms with E-state index >= 15 is 0 Å². The summed E-state index contributed by atoms with van der Waals surface area (Å²) in [6.45, 7) is 1.70. The SMILES string of the molecule is CC(Nc1ccc(NC(=O)c2ccc(Cl)cc2)cc1)C(=O)Nc1cccc(F)c1. The number of amides is 2. The molecule has 3 N–H and O–H groups in total. The first kappa shape index (κ1) is 20.4. The molecule has 0 aromatic heterocycles. The maximum atomic E-state index is 13.2. The van der Waals surface area contributed by atoms with E-state index < -0.39 is 11.9 Å². The van der Waals surface area contributed by atoms with Gasteiger partial charge in [-0.25, -0.2) is 4.39 Å². The number of rotatable bonds is 6. The summed E-state index contributed by atoms with van der Waals surface area (Å²) in [6.07, 6.45) is 0. The van der Waals surface area contributed by atoms with Crippen LogP contribution in [0.1, 0.15) is 17.3 Å². The molecule has 0 radical (unpaired) electrons. The molecule has 7 heteroatoms. The van der Waals surface area contributed by atoms with Crippen molar-refractivity contribution >= 4 is 40.5 Å². The topological polar surface area (TPSA) is 70.2 Å². The third kappa shape index (κ3) is 5.80. The summed E-state index contributed by atoms with van der Waals surface area (Å²) >= 11 is 5.83. The lowest BCUT2D eigenvalue weighted by molar-refractivity contribution is -0.116. The second-order valence-corrected chi connectivity index (χ2v) is 6.84. The molecular formula is C22H19ClFN3O2. The third-order valence-corrected chi connectivity index (χ3v) is 4.37. The lowest BCUT2D eigenvalue weighted by atomic mass is 10.2.